The van der Waals surface area contributed by atoms with Gasteiger partial charge in [-0.15, -0.1) is 0 Å². The second-order valence-electron chi connectivity index (χ2n) is 3.73. The lowest BCUT2D eigenvalue weighted by Crippen LogP contribution is -1.97. The Morgan fingerprint density at radius 3 is 2.12 bits per heavy atom. The third-order valence-electron chi connectivity index (χ3n) is 2.56. The molecule has 0 fully saturated rings. The fourth-order valence-electron chi connectivity index (χ4n) is 1.77. The molecule has 2 heteroatoms. The lowest BCUT2D eigenvalue weighted by molar-refractivity contribution is 0.627. The monoisotopic (exact) mass is 227 g/mol. The zero-order chi connectivity index (χ0) is 12.1. The summed E-state index contributed by atoms with van der Waals surface area (Å²) in [6.45, 7) is 0.460. The Kier molecular flexibility index (Phi) is 3.68. The highest BCUT2D eigenvalue weighted by atomic mass is 19.1. The van der Waals surface area contributed by atoms with Gasteiger partial charge in [-0.1, -0.05) is 48.5 Å². The van der Waals surface area contributed by atoms with Crippen molar-refractivity contribution in [1.29, 1.82) is 0 Å². The Hall–Kier alpha value is -1.93. The first-order chi connectivity index (χ1) is 8.31. The molecule has 0 aromatic heterocycles. The number of benzene rings is 2. The normalized spacial score (nSPS) is 11.5. The molecule has 0 amide bonds. The van der Waals surface area contributed by atoms with E-state index in [1.54, 1.807) is 12.1 Å². The maximum Gasteiger partial charge on any atom is 0.123 e. The second kappa shape index (κ2) is 5.41. The maximum atomic E-state index is 12.9. The molecule has 1 nitrogen and oxygen atoms in total. The third kappa shape index (κ3) is 2.80. The largest absolute Gasteiger partial charge is 0.327 e. The van der Waals surface area contributed by atoms with Crippen molar-refractivity contribution < 1.29 is 4.39 Å². The van der Waals surface area contributed by atoms with E-state index in [0.717, 1.165) is 16.7 Å². The van der Waals surface area contributed by atoms with Gasteiger partial charge in [-0.2, -0.15) is 0 Å². The zero-order valence-electron chi connectivity index (χ0n) is 9.44. The van der Waals surface area contributed by atoms with Gasteiger partial charge < -0.3 is 5.73 Å². The number of hydrogen-bond donors (Lipinski definition) is 1. The minimum Gasteiger partial charge on any atom is -0.327 e. The quantitative estimate of drug-likeness (QED) is 0.856. The molecule has 0 saturated heterocycles. The molecular weight excluding hydrogens is 213 g/mol. The first kappa shape index (κ1) is 11.6. The molecule has 0 spiro atoms. The van der Waals surface area contributed by atoms with Crippen LogP contribution in [0.1, 0.15) is 11.1 Å². The molecule has 2 N–H and O–H groups in total. The standard InChI is InChI=1S/C15H14FN/c16-14-8-6-13(7-9-14)15(10-11-17)12-4-2-1-3-5-12/h1-10H,11,17H2/b15-10+. The van der Waals surface area contributed by atoms with Crippen LogP contribution in [0.4, 0.5) is 4.39 Å². The van der Waals surface area contributed by atoms with E-state index in [4.69, 9.17) is 5.73 Å². The van der Waals surface area contributed by atoms with E-state index < -0.39 is 0 Å². The molecule has 0 aliphatic rings. The number of rotatable bonds is 3. The van der Waals surface area contributed by atoms with E-state index in [-0.39, 0.29) is 5.82 Å². The summed E-state index contributed by atoms with van der Waals surface area (Å²) in [5.74, 6) is -0.228. The van der Waals surface area contributed by atoms with Crippen LogP contribution in [0.15, 0.2) is 60.7 Å². The minimum absolute atomic E-state index is 0.228. The van der Waals surface area contributed by atoms with Crippen LogP contribution in [-0.4, -0.2) is 6.54 Å². The fraction of sp³-hybridized carbons (Fsp3) is 0.0667. The molecular formula is C15H14FN. The average molecular weight is 227 g/mol. The van der Waals surface area contributed by atoms with Gasteiger partial charge in [-0.3, -0.25) is 0 Å². The van der Waals surface area contributed by atoms with Crippen LogP contribution in [0.2, 0.25) is 0 Å². The van der Waals surface area contributed by atoms with Gasteiger partial charge >= 0.3 is 0 Å². The Bertz CT molecular complexity index is 500. The zero-order valence-corrected chi connectivity index (χ0v) is 9.44. The van der Waals surface area contributed by atoms with E-state index in [9.17, 15) is 4.39 Å². The Labute approximate surface area is 100 Å². The van der Waals surface area contributed by atoms with E-state index in [1.807, 2.05) is 36.4 Å². The van der Waals surface area contributed by atoms with Crippen LogP contribution in [0.25, 0.3) is 5.57 Å². The summed E-state index contributed by atoms with van der Waals surface area (Å²) in [4.78, 5) is 0. The van der Waals surface area contributed by atoms with E-state index in [0.29, 0.717) is 6.54 Å². The van der Waals surface area contributed by atoms with Crippen LogP contribution in [0.3, 0.4) is 0 Å². The summed E-state index contributed by atoms with van der Waals surface area (Å²) in [5.41, 5.74) is 8.68. The number of nitrogens with two attached hydrogens (primary N) is 1. The molecule has 2 aromatic carbocycles. The summed E-state index contributed by atoms with van der Waals surface area (Å²) in [7, 11) is 0. The van der Waals surface area contributed by atoms with Gasteiger partial charge in [0.15, 0.2) is 0 Å². The summed E-state index contributed by atoms with van der Waals surface area (Å²) in [6.07, 6.45) is 1.95. The van der Waals surface area contributed by atoms with Gasteiger partial charge in [-0.05, 0) is 28.8 Å². The fourth-order valence-corrected chi connectivity index (χ4v) is 1.77. The maximum absolute atomic E-state index is 12.9. The molecule has 2 rings (SSSR count). The predicted octanol–water partition coefficient (Wildman–Crippen LogP) is 3.22. The highest BCUT2D eigenvalue weighted by molar-refractivity contribution is 5.79. The van der Waals surface area contributed by atoms with Crippen molar-refractivity contribution in [2.75, 3.05) is 6.54 Å². The van der Waals surface area contributed by atoms with Crippen LogP contribution in [0, 0.1) is 5.82 Å². The summed E-state index contributed by atoms with van der Waals surface area (Å²) in [5, 5.41) is 0. The van der Waals surface area contributed by atoms with Crippen molar-refractivity contribution in [2.24, 2.45) is 5.73 Å². The van der Waals surface area contributed by atoms with Gasteiger partial charge in [0, 0.05) is 6.54 Å². The van der Waals surface area contributed by atoms with Gasteiger partial charge in [0.05, 0.1) is 0 Å². The Balaban J connectivity index is 2.44. The molecule has 17 heavy (non-hydrogen) atoms. The molecule has 0 aliphatic carbocycles. The molecule has 0 heterocycles. The molecule has 0 atom stereocenters. The lowest BCUT2D eigenvalue weighted by Gasteiger charge is -2.08. The van der Waals surface area contributed by atoms with Gasteiger partial charge in [0.25, 0.3) is 0 Å². The van der Waals surface area contributed by atoms with Crippen molar-refractivity contribution in [3.63, 3.8) is 0 Å². The lowest BCUT2D eigenvalue weighted by atomic mass is 9.97. The number of hydrogen-bond acceptors (Lipinski definition) is 1. The molecule has 0 bridgehead atoms. The minimum atomic E-state index is -0.228. The molecule has 0 radical (unpaired) electrons. The summed E-state index contributed by atoms with van der Waals surface area (Å²) in [6, 6.07) is 16.4. The summed E-state index contributed by atoms with van der Waals surface area (Å²) >= 11 is 0. The van der Waals surface area contributed by atoms with Crippen molar-refractivity contribution in [2.45, 2.75) is 0 Å². The molecule has 0 saturated carbocycles. The van der Waals surface area contributed by atoms with E-state index in [2.05, 4.69) is 0 Å². The highest BCUT2D eigenvalue weighted by Crippen LogP contribution is 2.22. The van der Waals surface area contributed by atoms with Crippen molar-refractivity contribution in [3.8, 4) is 0 Å². The molecule has 86 valence electrons. The van der Waals surface area contributed by atoms with Crippen LogP contribution < -0.4 is 5.73 Å². The van der Waals surface area contributed by atoms with Gasteiger partial charge in [0.1, 0.15) is 5.82 Å². The van der Waals surface area contributed by atoms with E-state index >= 15 is 0 Å². The highest BCUT2D eigenvalue weighted by Gasteiger charge is 2.03. The molecule has 0 unspecified atom stereocenters. The smallest absolute Gasteiger partial charge is 0.123 e. The van der Waals surface area contributed by atoms with Crippen molar-refractivity contribution >= 4 is 5.57 Å². The van der Waals surface area contributed by atoms with Crippen molar-refractivity contribution in [3.05, 3.63) is 77.6 Å². The first-order valence-corrected chi connectivity index (χ1v) is 5.53. The van der Waals surface area contributed by atoms with Crippen LogP contribution in [-0.2, 0) is 0 Å². The number of halogens is 1. The van der Waals surface area contributed by atoms with Crippen molar-refractivity contribution in [1.82, 2.24) is 0 Å². The van der Waals surface area contributed by atoms with E-state index in [1.165, 1.54) is 12.1 Å². The topological polar surface area (TPSA) is 26.0 Å². The van der Waals surface area contributed by atoms with Gasteiger partial charge in [0.2, 0.25) is 0 Å². The summed E-state index contributed by atoms with van der Waals surface area (Å²) < 4.78 is 12.9. The predicted molar refractivity (Wildman–Crippen MR) is 69.0 cm³/mol. The molecule has 2 aromatic rings. The Morgan fingerprint density at radius 1 is 0.941 bits per heavy atom. The third-order valence-corrected chi connectivity index (χ3v) is 2.56. The Morgan fingerprint density at radius 2 is 1.53 bits per heavy atom. The SMILES string of the molecule is NC/C=C(\c1ccccc1)c1ccc(F)cc1. The van der Waals surface area contributed by atoms with Gasteiger partial charge in [-0.25, -0.2) is 4.39 Å². The molecule has 0 aliphatic heterocycles. The second-order valence-corrected chi connectivity index (χ2v) is 3.73. The van der Waals surface area contributed by atoms with Crippen LogP contribution >= 0.6 is 0 Å². The van der Waals surface area contributed by atoms with Crippen LogP contribution in [0.5, 0.6) is 0 Å². The first-order valence-electron chi connectivity index (χ1n) is 5.53. The average Bonchev–Trinajstić information content (AvgIpc) is 2.38.